The molecule has 0 saturated carbocycles. The van der Waals surface area contributed by atoms with Crippen LogP contribution in [0, 0.1) is 0 Å². The van der Waals surface area contributed by atoms with E-state index in [2.05, 4.69) is 19.6 Å². The van der Waals surface area contributed by atoms with Gasteiger partial charge >= 0.3 is 5.97 Å². The summed E-state index contributed by atoms with van der Waals surface area (Å²) in [5.41, 5.74) is 3.60. The van der Waals surface area contributed by atoms with Crippen LogP contribution in [0.3, 0.4) is 0 Å². The van der Waals surface area contributed by atoms with Crippen LogP contribution >= 0.6 is 0 Å². The van der Waals surface area contributed by atoms with Crippen LogP contribution in [0.2, 0.25) is 19.6 Å². The third-order valence-electron chi connectivity index (χ3n) is 4.72. The Balaban J connectivity index is 2.47. The van der Waals surface area contributed by atoms with Crippen molar-refractivity contribution in [1.29, 1.82) is 0 Å². The maximum absolute atomic E-state index is 12.0. The van der Waals surface area contributed by atoms with Gasteiger partial charge in [0.25, 0.3) is 0 Å². The van der Waals surface area contributed by atoms with Gasteiger partial charge in [0.05, 0.1) is 18.7 Å². The predicted octanol–water partition coefficient (Wildman–Crippen LogP) is 5.69. The Morgan fingerprint density at radius 3 is 2.28 bits per heavy atom. The van der Waals surface area contributed by atoms with E-state index in [1.54, 1.807) is 7.11 Å². The Kier molecular flexibility index (Phi) is 5.87. The highest BCUT2D eigenvalue weighted by atomic mass is 28.4. The molecule has 29 heavy (non-hydrogen) atoms. The summed E-state index contributed by atoms with van der Waals surface area (Å²) in [4.78, 5) is 12.0. The van der Waals surface area contributed by atoms with Gasteiger partial charge in [-0.3, -0.25) is 4.79 Å². The van der Waals surface area contributed by atoms with E-state index >= 15 is 0 Å². The Labute approximate surface area is 173 Å². The first-order chi connectivity index (χ1) is 13.6. The zero-order valence-electron chi connectivity index (χ0n) is 18.2. The summed E-state index contributed by atoms with van der Waals surface area (Å²) in [7, 11) is 1.77. The van der Waals surface area contributed by atoms with Crippen molar-refractivity contribution in [3.05, 3.63) is 48.2 Å². The van der Waals surface area contributed by atoms with Crippen LogP contribution in [-0.2, 0) is 16.3 Å². The first-order valence-corrected chi connectivity index (χ1v) is 13.2. The molecule has 0 spiro atoms. The van der Waals surface area contributed by atoms with Crippen molar-refractivity contribution in [2.24, 2.45) is 7.05 Å². The van der Waals surface area contributed by atoms with Gasteiger partial charge in [-0.1, -0.05) is 30.3 Å². The Morgan fingerprint density at radius 2 is 1.72 bits per heavy atom. The molecule has 0 aliphatic rings. The molecular weight excluding hydrogens is 382 g/mol. The summed E-state index contributed by atoms with van der Waals surface area (Å²) in [6, 6.07) is 12.0. The minimum absolute atomic E-state index is 0.273. The molecule has 1 atom stereocenters. The van der Waals surface area contributed by atoms with E-state index in [9.17, 15) is 4.79 Å². The van der Waals surface area contributed by atoms with Gasteiger partial charge in [0.2, 0.25) is 0 Å². The maximum atomic E-state index is 12.0. The minimum atomic E-state index is -1.87. The molecule has 0 radical (unpaired) electrons. The number of methoxy groups -OCH3 is 1. The van der Waals surface area contributed by atoms with Gasteiger partial charge < -0.3 is 18.5 Å². The molecule has 0 aliphatic heterocycles. The number of fused-ring (bicyclic) bond motifs is 1. The van der Waals surface area contributed by atoms with Gasteiger partial charge in [-0.05, 0) is 38.2 Å². The molecule has 6 heteroatoms. The van der Waals surface area contributed by atoms with E-state index in [0.717, 1.165) is 33.3 Å². The average molecular weight is 412 g/mol. The minimum Gasteiger partial charge on any atom is -0.494 e. The van der Waals surface area contributed by atoms with Gasteiger partial charge in [-0.2, -0.15) is 0 Å². The number of nitrogens with zero attached hydrogens (tertiary/aromatic N) is 1. The van der Waals surface area contributed by atoms with E-state index in [-0.39, 0.29) is 12.1 Å². The van der Waals surface area contributed by atoms with Crippen molar-refractivity contribution in [3.8, 4) is 22.6 Å². The van der Waals surface area contributed by atoms with Gasteiger partial charge in [-0.25, -0.2) is 0 Å². The number of esters is 1. The van der Waals surface area contributed by atoms with Crippen molar-refractivity contribution in [3.63, 3.8) is 0 Å². The Hall–Kier alpha value is -2.57. The second-order valence-corrected chi connectivity index (χ2v) is 12.6. The first kappa shape index (κ1) is 21.1. The smallest absolute Gasteiger partial charge is 0.308 e. The van der Waals surface area contributed by atoms with Crippen molar-refractivity contribution >= 4 is 25.2 Å². The van der Waals surface area contributed by atoms with E-state index in [1.807, 2.05) is 61.1 Å². The number of ether oxygens (including phenoxy) is 2. The van der Waals surface area contributed by atoms with Crippen LogP contribution < -0.4 is 9.47 Å². The number of hydrogen-bond donors (Lipinski definition) is 0. The zero-order chi connectivity index (χ0) is 21.3. The predicted molar refractivity (Wildman–Crippen MR) is 119 cm³/mol. The van der Waals surface area contributed by atoms with E-state index < -0.39 is 8.32 Å². The van der Waals surface area contributed by atoms with Crippen molar-refractivity contribution < 1.29 is 18.7 Å². The molecule has 1 unspecified atom stereocenters. The van der Waals surface area contributed by atoms with Gasteiger partial charge in [0, 0.05) is 36.7 Å². The molecule has 3 aromatic rings. The van der Waals surface area contributed by atoms with E-state index in [4.69, 9.17) is 13.9 Å². The third kappa shape index (κ3) is 4.23. The molecule has 0 amide bonds. The monoisotopic (exact) mass is 411 g/mol. The summed E-state index contributed by atoms with van der Waals surface area (Å²) in [6.07, 6.45) is 1.67. The molecule has 3 rings (SSSR count). The average Bonchev–Trinajstić information content (AvgIpc) is 3.02. The van der Waals surface area contributed by atoms with Gasteiger partial charge in [-0.15, -0.1) is 0 Å². The van der Waals surface area contributed by atoms with Gasteiger partial charge in [0.1, 0.15) is 5.75 Å². The summed E-state index contributed by atoms with van der Waals surface area (Å²) in [5.74, 6) is 0.926. The molecule has 0 aliphatic carbocycles. The van der Waals surface area contributed by atoms with E-state index in [0.29, 0.717) is 5.75 Å². The number of rotatable bonds is 6. The van der Waals surface area contributed by atoms with Crippen LogP contribution in [0.15, 0.2) is 42.6 Å². The highest BCUT2D eigenvalue weighted by Gasteiger charge is 2.30. The fourth-order valence-electron chi connectivity index (χ4n) is 3.82. The lowest BCUT2D eigenvalue weighted by molar-refractivity contribution is -0.131. The molecule has 0 saturated heterocycles. The van der Waals surface area contributed by atoms with Crippen molar-refractivity contribution in [2.45, 2.75) is 39.6 Å². The summed E-state index contributed by atoms with van der Waals surface area (Å²) in [6.45, 7) is 9.89. The third-order valence-corrected chi connectivity index (χ3v) is 5.78. The number of carbonyl (C=O) groups excluding carboxylic acids is 1. The number of carbonyl (C=O) groups is 1. The van der Waals surface area contributed by atoms with Crippen LogP contribution in [0.5, 0.6) is 11.5 Å². The van der Waals surface area contributed by atoms with E-state index in [1.165, 1.54) is 6.92 Å². The summed E-state index contributed by atoms with van der Waals surface area (Å²) in [5, 5.41) is 0.834. The quantitative estimate of drug-likeness (QED) is 0.297. The number of aromatic nitrogens is 1. The zero-order valence-corrected chi connectivity index (χ0v) is 19.2. The molecular formula is C23H29NO4Si. The van der Waals surface area contributed by atoms with Crippen LogP contribution in [0.4, 0.5) is 0 Å². The van der Waals surface area contributed by atoms with Crippen molar-refractivity contribution in [1.82, 2.24) is 4.57 Å². The highest BCUT2D eigenvalue weighted by Crippen LogP contribution is 2.49. The van der Waals surface area contributed by atoms with Crippen molar-refractivity contribution in [2.75, 3.05) is 7.11 Å². The number of aryl methyl sites for hydroxylation is 1. The SMILES string of the molecule is COc1c(-c2ccccc2)c(C(C)O[Si](C)(C)C)c(OC(C)=O)c2ccn(C)c12. The second-order valence-electron chi connectivity index (χ2n) is 8.17. The Morgan fingerprint density at radius 1 is 1.07 bits per heavy atom. The maximum Gasteiger partial charge on any atom is 0.308 e. The van der Waals surface area contributed by atoms with Crippen LogP contribution in [-0.4, -0.2) is 26.0 Å². The molecule has 0 fully saturated rings. The summed E-state index contributed by atoms with van der Waals surface area (Å²) >= 11 is 0. The normalized spacial score (nSPS) is 12.8. The lowest BCUT2D eigenvalue weighted by atomic mass is 9.92. The van der Waals surface area contributed by atoms with Crippen LogP contribution in [0.25, 0.3) is 22.0 Å². The fraction of sp³-hybridized carbons (Fsp3) is 0.348. The second kappa shape index (κ2) is 8.04. The highest BCUT2D eigenvalue weighted by molar-refractivity contribution is 6.69. The Bertz CT molecular complexity index is 1030. The standard InChI is InChI=1S/C23H29NO4Si/c1-15(28-29(5,6)7)19-20(17-11-9-8-10-12-17)23(26-4)21-18(13-14-24(21)3)22(19)27-16(2)25/h8-15H,1-7H3. The topological polar surface area (TPSA) is 49.7 Å². The molecule has 2 aromatic carbocycles. The molecule has 0 N–H and O–H groups in total. The first-order valence-electron chi connectivity index (χ1n) is 9.74. The molecule has 5 nitrogen and oxygen atoms in total. The largest absolute Gasteiger partial charge is 0.494 e. The fourth-order valence-corrected chi connectivity index (χ4v) is 4.99. The number of benzene rings is 2. The molecule has 0 bridgehead atoms. The lowest BCUT2D eigenvalue weighted by Crippen LogP contribution is -2.27. The summed E-state index contributed by atoms with van der Waals surface area (Å²) < 4.78 is 20.2. The van der Waals surface area contributed by atoms with Gasteiger partial charge in [0.15, 0.2) is 14.1 Å². The number of hydrogen-bond acceptors (Lipinski definition) is 4. The molecule has 1 heterocycles. The van der Waals surface area contributed by atoms with Crippen LogP contribution in [0.1, 0.15) is 25.5 Å². The molecule has 1 aromatic heterocycles. The molecule has 154 valence electrons. The lowest BCUT2D eigenvalue weighted by Gasteiger charge is -2.28.